The highest BCUT2D eigenvalue weighted by atomic mass is 16.6. The Morgan fingerprint density at radius 3 is 2.33 bits per heavy atom. The molecule has 0 saturated carbocycles. The zero-order valence-corrected chi connectivity index (χ0v) is 12.8. The average Bonchev–Trinajstić information content (AvgIpc) is 2.42. The van der Waals surface area contributed by atoms with Gasteiger partial charge in [-0.2, -0.15) is 0 Å². The van der Waals surface area contributed by atoms with Crippen molar-refractivity contribution in [2.45, 2.75) is 34.3 Å². The Bertz CT molecular complexity index is 693. The third-order valence-electron chi connectivity index (χ3n) is 3.75. The summed E-state index contributed by atoms with van der Waals surface area (Å²) < 4.78 is 5.83. The molecule has 0 heterocycles. The van der Waals surface area contributed by atoms with Crippen molar-refractivity contribution in [1.82, 2.24) is 0 Å². The monoisotopic (exact) mass is 285 g/mol. The first-order chi connectivity index (χ1) is 9.90. The number of nitro groups is 1. The predicted molar refractivity (Wildman–Crippen MR) is 82.8 cm³/mol. The minimum Gasteiger partial charge on any atom is -0.488 e. The van der Waals surface area contributed by atoms with E-state index in [-0.39, 0.29) is 17.2 Å². The number of nitro benzene ring substituents is 1. The van der Waals surface area contributed by atoms with E-state index >= 15 is 0 Å². The van der Waals surface area contributed by atoms with Crippen LogP contribution in [0.1, 0.15) is 27.8 Å². The molecule has 21 heavy (non-hydrogen) atoms. The minimum absolute atomic E-state index is 0.108. The summed E-state index contributed by atoms with van der Waals surface area (Å²) in [4.78, 5) is 10.7. The number of nitrogens with zero attached hydrogens (tertiary/aromatic N) is 1. The zero-order chi connectivity index (χ0) is 15.6. The van der Waals surface area contributed by atoms with Crippen LogP contribution in [0, 0.1) is 37.8 Å². The molecule has 0 fully saturated rings. The van der Waals surface area contributed by atoms with E-state index in [2.05, 4.69) is 13.0 Å². The number of rotatable bonds is 4. The van der Waals surface area contributed by atoms with Gasteiger partial charge >= 0.3 is 0 Å². The van der Waals surface area contributed by atoms with E-state index in [4.69, 9.17) is 4.74 Å². The molecule has 0 aliphatic heterocycles. The Kier molecular flexibility index (Phi) is 4.26. The summed E-state index contributed by atoms with van der Waals surface area (Å²) in [6.45, 7) is 8.12. The van der Waals surface area contributed by atoms with Gasteiger partial charge in [0.25, 0.3) is 5.69 Å². The molecule has 0 spiro atoms. The van der Waals surface area contributed by atoms with Gasteiger partial charge < -0.3 is 4.74 Å². The van der Waals surface area contributed by atoms with Gasteiger partial charge in [0.15, 0.2) is 0 Å². The lowest BCUT2D eigenvalue weighted by Gasteiger charge is -2.13. The summed E-state index contributed by atoms with van der Waals surface area (Å²) >= 11 is 0. The molecule has 0 unspecified atom stereocenters. The van der Waals surface area contributed by atoms with Crippen LogP contribution in [0.25, 0.3) is 0 Å². The molecule has 0 N–H and O–H groups in total. The Labute approximate surface area is 124 Å². The molecule has 110 valence electrons. The number of aryl methyl sites for hydroxylation is 4. The molecule has 0 saturated heterocycles. The fourth-order valence-electron chi connectivity index (χ4n) is 2.29. The van der Waals surface area contributed by atoms with Gasteiger partial charge in [0.2, 0.25) is 0 Å². The minimum atomic E-state index is -0.362. The number of ether oxygens (including phenoxy) is 1. The first-order valence-corrected chi connectivity index (χ1v) is 6.83. The molecular weight excluding hydrogens is 266 g/mol. The first kappa shape index (κ1) is 15.0. The standard InChI is InChI=1S/C17H19NO3/c1-11-6-5-7-16(18(19)20)15(11)10-21-17-9-13(3)12(2)8-14(17)4/h5-9H,10H2,1-4H3. The Morgan fingerprint density at radius 1 is 1.00 bits per heavy atom. The highest BCUT2D eigenvalue weighted by Gasteiger charge is 2.16. The average molecular weight is 285 g/mol. The third kappa shape index (κ3) is 3.21. The molecule has 4 heteroatoms. The maximum absolute atomic E-state index is 11.1. The van der Waals surface area contributed by atoms with Gasteiger partial charge in [-0.25, -0.2) is 0 Å². The molecule has 0 bridgehead atoms. The molecule has 0 aliphatic rings. The van der Waals surface area contributed by atoms with Crippen molar-refractivity contribution < 1.29 is 9.66 Å². The van der Waals surface area contributed by atoms with Gasteiger partial charge in [0.1, 0.15) is 12.4 Å². The summed E-state index contributed by atoms with van der Waals surface area (Å²) in [7, 11) is 0. The van der Waals surface area contributed by atoms with Crippen molar-refractivity contribution in [3.63, 3.8) is 0 Å². The zero-order valence-electron chi connectivity index (χ0n) is 12.8. The molecule has 0 radical (unpaired) electrons. The van der Waals surface area contributed by atoms with Crippen LogP contribution < -0.4 is 4.74 Å². The van der Waals surface area contributed by atoms with Crippen LogP contribution in [0.3, 0.4) is 0 Å². The van der Waals surface area contributed by atoms with Crippen LogP contribution in [0.15, 0.2) is 30.3 Å². The van der Waals surface area contributed by atoms with Crippen molar-refractivity contribution in [3.05, 3.63) is 68.3 Å². The molecular formula is C17H19NO3. The Hall–Kier alpha value is -2.36. The first-order valence-electron chi connectivity index (χ1n) is 6.83. The predicted octanol–water partition coefficient (Wildman–Crippen LogP) is 4.41. The normalized spacial score (nSPS) is 10.5. The van der Waals surface area contributed by atoms with Crippen LogP contribution in [0.4, 0.5) is 5.69 Å². The lowest BCUT2D eigenvalue weighted by atomic mass is 10.1. The highest BCUT2D eigenvalue weighted by Crippen LogP contribution is 2.27. The van der Waals surface area contributed by atoms with Gasteiger partial charge in [-0.15, -0.1) is 0 Å². The second kappa shape index (κ2) is 5.95. The van der Waals surface area contributed by atoms with Crippen molar-refractivity contribution in [3.8, 4) is 5.75 Å². The maximum Gasteiger partial charge on any atom is 0.276 e. The summed E-state index contributed by atoms with van der Waals surface area (Å²) in [5.74, 6) is 0.774. The highest BCUT2D eigenvalue weighted by molar-refractivity contribution is 5.46. The SMILES string of the molecule is Cc1cc(C)c(OCc2c(C)cccc2[N+](=O)[O-])cc1C. The fraction of sp³-hybridized carbons (Fsp3) is 0.294. The summed E-state index contributed by atoms with van der Waals surface area (Å²) in [5, 5.41) is 11.1. The molecule has 4 nitrogen and oxygen atoms in total. The van der Waals surface area contributed by atoms with Crippen molar-refractivity contribution in [2.24, 2.45) is 0 Å². The van der Waals surface area contributed by atoms with Crippen LogP contribution >= 0.6 is 0 Å². The third-order valence-corrected chi connectivity index (χ3v) is 3.75. The quantitative estimate of drug-likeness (QED) is 0.617. The molecule has 0 aromatic heterocycles. The molecule has 0 amide bonds. The van der Waals surface area contributed by atoms with Crippen LogP contribution in [-0.2, 0) is 6.61 Å². The van der Waals surface area contributed by atoms with Crippen molar-refractivity contribution in [2.75, 3.05) is 0 Å². The Morgan fingerprint density at radius 2 is 1.67 bits per heavy atom. The topological polar surface area (TPSA) is 52.4 Å². The second-order valence-electron chi connectivity index (χ2n) is 5.32. The molecule has 2 aromatic carbocycles. The fourth-order valence-corrected chi connectivity index (χ4v) is 2.29. The summed E-state index contributed by atoms with van der Waals surface area (Å²) in [6.07, 6.45) is 0. The maximum atomic E-state index is 11.1. The van der Waals surface area contributed by atoms with Crippen LogP contribution in [0.5, 0.6) is 5.75 Å². The van der Waals surface area contributed by atoms with Gasteiger partial charge in [-0.05, 0) is 56.0 Å². The van der Waals surface area contributed by atoms with Gasteiger partial charge in [0.05, 0.1) is 10.5 Å². The molecule has 0 aliphatic carbocycles. The van der Waals surface area contributed by atoms with Gasteiger partial charge in [-0.3, -0.25) is 10.1 Å². The van der Waals surface area contributed by atoms with Crippen LogP contribution in [0.2, 0.25) is 0 Å². The van der Waals surface area contributed by atoms with Crippen LogP contribution in [-0.4, -0.2) is 4.92 Å². The second-order valence-corrected chi connectivity index (χ2v) is 5.32. The van der Waals surface area contributed by atoms with E-state index in [1.54, 1.807) is 6.07 Å². The lowest BCUT2D eigenvalue weighted by molar-refractivity contribution is -0.385. The number of hydrogen-bond donors (Lipinski definition) is 0. The number of hydrogen-bond acceptors (Lipinski definition) is 3. The Balaban J connectivity index is 2.29. The van der Waals surface area contributed by atoms with E-state index in [1.807, 2.05) is 32.9 Å². The van der Waals surface area contributed by atoms with E-state index in [1.165, 1.54) is 11.6 Å². The number of benzene rings is 2. The van der Waals surface area contributed by atoms with E-state index in [0.29, 0.717) is 5.56 Å². The molecule has 0 atom stereocenters. The lowest BCUT2D eigenvalue weighted by Crippen LogP contribution is -2.04. The van der Waals surface area contributed by atoms with E-state index in [9.17, 15) is 10.1 Å². The van der Waals surface area contributed by atoms with Crippen molar-refractivity contribution in [1.29, 1.82) is 0 Å². The van der Waals surface area contributed by atoms with Crippen molar-refractivity contribution >= 4 is 5.69 Å². The molecule has 2 aromatic rings. The summed E-state index contributed by atoms with van der Waals surface area (Å²) in [6, 6.07) is 9.11. The van der Waals surface area contributed by atoms with E-state index < -0.39 is 0 Å². The largest absolute Gasteiger partial charge is 0.488 e. The van der Waals surface area contributed by atoms with E-state index in [0.717, 1.165) is 22.4 Å². The van der Waals surface area contributed by atoms with Gasteiger partial charge in [-0.1, -0.05) is 18.2 Å². The molecule has 2 rings (SSSR count). The smallest absolute Gasteiger partial charge is 0.276 e. The van der Waals surface area contributed by atoms with Gasteiger partial charge in [0, 0.05) is 6.07 Å². The summed E-state index contributed by atoms with van der Waals surface area (Å²) in [5.41, 5.74) is 4.99.